The molecule has 0 spiro atoms. The summed E-state index contributed by atoms with van der Waals surface area (Å²) in [6.45, 7) is 4.37. The lowest BCUT2D eigenvalue weighted by Gasteiger charge is -2.27. The van der Waals surface area contributed by atoms with E-state index in [9.17, 15) is 19.2 Å². The molecule has 1 aliphatic rings. The summed E-state index contributed by atoms with van der Waals surface area (Å²) in [5.74, 6) is -2.79. The molecule has 2 N–H and O–H groups in total. The van der Waals surface area contributed by atoms with E-state index in [0.717, 1.165) is 128 Å². The zero-order chi connectivity index (χ0) is 35.2. The lowest BCUT2D eigenvalue weighted by Crippen LogP contribution is -2.25. The maximum atomic E-state index is 12.6. The van der Waals surface area contributed by atoms with Gasteiger partial charge in [0.2, 0.25) is 0 Å². The van der Waals surface area contributed by atoms with Crippen molar-refractivity contribution >= 4 is 23.9 Å². The van der Waals surface area contributed by atoms with E-state index < -0.39 is 29.8 Å². The number of carbonyl (C=O) groups excluding carboxylic acids is 2. The number of aliphatic carboxylic acids is 2. The van der Waals surface area contributed by atoms with E-state index in [2.05, 4.69) is 38.2 Å². The first-order chi connectivity index (χ1) is 23.3. The Bertz CT molecular complexity index is 926. The van der Waals surface area contributed by atoms with Crippen molar-refractivity contribution in [3.63, 3.8) is 0 Å². The number of cyclic esters (lactones) is 2. The molecule has 48 heavy (non-hydrogen) atoms. The van der Waals surface area contributed by atoms with Gasteiger partial charge in [0.15, 0.2) is 0 Å². The minimum atomic E-state index is -0.739. The molecule has 1 saturated heterocycles. The number of ether oxygens (including phenoxy) is 2. The average Bonchev–Trinajstić information content (AvgIpc) is 3.39. The highest BCUT2D eigenvalue weighted by Crippen LogP contribution is 2.31. The molecular formula is C40H68O8. The van der Waals surface area contributed by atoms with E-state index in [1.54, 1.807) is 0 Å². The van der Waals surface area contributed by atoms with Gasteiger partial charge in [-0.2, -0.15) is 0 Å². The Balaban J connectivity index is 2.91. The molecule has 0 saturated carbocycles. The van der Waals surface area contributed by atoms with Gasteiger partial charge in [-0.1, -0.05) is 115 Å². The van der Waals surface area contributed by atoms with Crippen LogP contribution >= 0.6 is 0 Å². The van der Waals surface area contributed by atoms with Gasteiger partial charge in [-0.25, -0.2) is 0 Å². The van der Waals surface area contributed by atoms with E-state index in [0.29, 0.717) is 6.42 Å². The molecule has 276 valence electrons. The van der Waals surface area contributed by atoms with Gasteiger partial charge in [0.05, 0.1) is 24.5 Å². The molecule has 1 heterocycles. The third-order valence-corrected chi connectivity index (χ3v) is 9.36. The Morgan fingerprint density at radius 2 is 1.15 bits per heavy atom. The topological polar surface area (TPSA) is 127 Å². The maximum Gasteiger partial charge on any atom is 0.317 e. The van der Waals surface area contributed by atoms with E-state index in [4.69, 9.17) is 19.7 Å². The molecule has 0 amide bonds. The molecule has 4 atom stereocenters. The predicted octanol–water partition coefficient (Wildman–Crippen LogP) is 10.5. The molecule has 8 nitrogen and oxygen atoms in total. The minimum Gasteiger partial charge on any atom is -0.481 e. The zero-order valence-electron chi connectivity index (χ0n) is 30.3. The number of carboxylic acids is 2. The standard InChI is InChI=1S/C40H68O8/c1-3-5-7-9-10-13-19-25-34(26-20-14-11-16-22-28-37(41)42)47-35(27-21-15-12-17-23-29-38(43)44)31-30-33(24-18-8-6-4-2)36-32-39(45)48-40(36)46/h9-10,18,24,33-36H,3-8,11-17,19-23,25-32H2,1-2H3,(H,41,42)(H,43,44)/b10-9+,24-18+. The van der Waals surface area contributed by atoms with E-state index in [1.807, 2.05) is 0 Å². The lowest BCUT2D eigenvalue weighted by molar-refractivity contribution is -0.153. The van der Waals surface area contributed by atoms with Crippen molar-refractivity contribution in [2.24, 2.45) is 11.8 Å². The highest BCUT2D eigenvalue weighted by Gasteiger charge is 2.38. The number of allylic oxidation sites excluding steroid dienone is 4. The SMILES string of the molecule is CCCC/C=C/CCCC(CCCCCCCC(=O)O)OC(CCCCCCCC(=O)O)CCC(/C=C/CCCC)C1CC(=O)OC1=O. The Kier molecular flexibility index (Phi) is 26.7. The Hall–Kier alpha value is -2.48. The summed E-state index contributed by atoms with van der Waals surface area (Å²) in [5, 5.41) is 17.8. The van der Waals surface area contributed by atoms with Gasteiger partial charge in [0.1, 0.15) is 0 Å². The second-order valence-corrected chi connectivity index (χ2v) is 13.7. The predicted molar refractivity (Wildman–Crippen MR) is 192 cm³/mol. The second kappa shape index (κ2) is 29.4. The van der Waals surface area contributed by atoms with Crippen LogP contribution in [-0.2, 0) is 28.7 Å². The van der Waals surface area contributed by atoms with E-state index >= 15 is 0 Å². The quantitative estimate of drug-likeness (QED) is 0.0304. The van der Waals surface area contributed by atoms with Crippen molar-refractivity contribution in [1.29, 1.82) is 0 Å². The fourth-order valence-electron chi connectivity index (χ4n) is 6.43. The summed E-state index contributed by atoms with van der Waals surface area (Å²) in [7, 11) is 0. The molecule has 4 unspecified atom stereocenters. The second-order valence-electron chi connectivity index (χ2n) is 13.7. The maximum absolute atomic E-state index is 12.6. The van der Waals surface area contributed by atoms with Crippen LogP contribution < -0.4 is 0 Å². The molecule has 0 aliphatic carbocycles. The van der Waals surface area contributed by atoms with Crippen LogP contribution in [0, 0.1) is 11.8 Å². The van der Waals surface area contributed by atoms with Crippen LogP contribution in [0.4, 0.5) is 0 Å². The normalized spacial score (nSPS) is 16.9. The monoisotopic (exact) mass is 676 g/mol. The van der Waals surface area contributed by atoms with Crippen LogP contribution in [0.25, 0.3) is 0 Å². The number of hydrogen-bond acceptors (Lipinski definition) is 6. The third kappa shape index (κ3) is 23.8. The average molecular weight is 677 g/mol. The summed E-state index contributed by atoms with van der Waals surface area (Å²) < 4.78 is 11.9. The van der Waals surface area contributed by atoms with Gasteiger partial charge in [-0.15, -0.1) is 0 Å². The number of rotatable bonds is 33. The van der Waals surface area contributed by atoms with Crippen LogP contribution in [-0.4, -0.2) is 46.3 Å². The minimum absolute atomic E-state index is 0.0457. The van der Waals surface area contributed by atoms with Gasteiger partial charge in [0, 0.05) is 12.8 Å². The number of carboxylic acid groups (broad SMARTS) is 2. The molecule has 0 aromatic heterocycles. The molecule has 8 heteroatoms. The zero-order valence-corrected chi connectivity index (χ0v) is 30.3. The Morgan fingerprint density at radius 1 is 0.667 bits per heavy atom. The van der Waals surface area contributed by atoms with Gasteiger partial charge < -0.3 is 19.7 Å². The molecule has 0 aromatic rings. The first kappa shape index (κ1) is 43.5. The summed E-state index contributed by atoms with van der Waals surface area (Å²) in [5.41, 5.74) is 0. The van der Waals surface area contributed by atoms with Crippen molar-refractivity contribution in [3.8, 4) is 0 Å². The van der Waals surface area contributed by atoms with E-state index in [-0.39, 0.29) is 37.4 Å². The van der Waals surface area contributed by atoms with E-state index in [1.165, 1.54) is 12.8 Å². The number of unbranched alkanes of at least 4 members (excludes halogenated alkanes) is 13. The summed E-state index contributed by atoms with van der Waals surface area (Å²) in [6.07, 6.45) is 32.4. The van der Waals surface area contributed by atoms with Gasteiger partial charge in [-0.05, 0) is 76.5 Å². The molecule has 1 fully saturated rings. The van der Waals surface area contributed by atoms with Crippen molar-refractivity contribution in [1.82, 2.24) is 0 Å². The molecule has 1 rings (SSSR count). The number of hydrogen-bond donors (Lipinski definition) is 2. The summed E-state index contributed by atoms with van der Waals surface area (Å²) in [6, 6.07) is 0. The smallest absolute Gasteiger partial charge is 0.317 e. The van der Waals surface area contributed by atoms with Crippen LogP contribution in [0.15, 0.2) is 24.3 Å². The molecular weight excluding hydrogens is 608 g/mol. The van der Waals surface area contributed by atoms with Crippen molar-refractivity contribution in [2.75, 3.05) is 0 Å². The number of carbonyl (C=O) groups is 4. The fraction of sp³-hybridized carbons (Fsp3) is 0.800. The first-order valence-electron chi connectivity index (χ1n) is 19.4. The Morgan fingerprint density at radius 3 is 1.67 bits per heavy atom. The third-order valence-electron chi connectivity index (χ3n) is 9.36. The van der Waals surface area contributed by atoms with Crippen LogP contribution in [0.3, 0.4) is 0 Å². The van der Waals surface area contributed by atoms with Crippen molar-refractivity contribution in [2.45, 2.75) is 193 Å². The highest BCUT2D eigenvalue weighted by atomic mass is 16.6. The molecule has 1 aliphatic heterocycles. The Labute approximate surface area is 291 Å². The van der Waals surface area contributed by atoms with Gasteiger partial charge >= 0.3 is 23.9 Å². The molecule has 0 aromatic carbocycles. The molecule has 0 bridgehead atoms. The van der Waals surface area contributed by atoms with Gasteiger partial charge in [-0.3, -0.25) is 19.2 Å². The lowest BCUT2D eigenvalue weighted by atomic mass is 9.85. The molecule has 0 radical (unpaired) electrons. The highest BCUT2D eigenvalue weighted by molar-refractivity contribution is 5.94. The fourth-order valence-corrected chi connectivity index (χ4v) is 6.43. The largest absolute Gasteiger partial charge is 0.481 e. The summed E-state index contributed by atoms with van der Waals surface area (Å²) >= 11 is 0. The van der Waals surface area contributed by atoms with Crippen molar-refractivity contribution < 1.29 is 38.9 Å². The van der Waals surface area contributed by atoms with Crippen LogP contribution in [0.2, 0.25) is 0 Å². The first-order valence-corrected chi connectivity index (χ1v) is 19.4. The van der Waals surface area contributed by atoms with Crippen LogP contribution in [0.1, 0.15) is 181 Å². The van der Waals surface area contributed by atoms with Crippen LogP contribution in [0.5, 0.6) is 0 Å². The van der Waals surface area contributed by atoms with Crippen molar-refractivity contribution in [3.05, 3.63) is 24.3 Å². The van der Waals surface area contributed by atoms with Gasteiger partial charge in [0.25, 0.3) is 0 Å². The summed E-state index contributed by atoms with van der Waals surface area (Å²) in [4.78, 5) is 46.2. The number of esters is 2.